The molecule has 1 heterocycles. The maximum Gasteiger partial charge on any atom is 0.326 e. The van der Waals surface area contributed by atoms with Crippen molar-refractivity contribution >= 4 is 23.8 Å². The number of ether oxygens (including phenoxy) is 1. The Morgan fingerprint density at radius 1 is 1.16 bits per heavy atom. The van der Waals surface area contributed by atoms with Crippen molar-refractivity contribution in [3.63, 3.8) is 0 Å². The first kappa shape index (κ1) is 23.5. The summed E-state index contributed by atoms with van der Waals surface area (Å²) in [5.41, 5.74) is -1.04. The Morgan fingerprint density at radius 2 is 1.87 bits per heavy atom. The van der Waals surface area contributed by atoms with Gasteiger partial charge in [0.25, 0.3) is 11.8 Å². The fourth-order valence-electron chi connectivity index (χ4n) is 6.00. The Morgan fingerprint density at radius 3 is 2.55 bits per heavy atom. The molecule has 8 nitrogen and oxygen atoms in total. The molecule has 1 saturated heterocycles. The number of carbonyl (C=O) groups excluding carboxylic acids is 4. The van der Waals surface area contributed by atoms with Gasteiger partial charge in [0.2, 0.25) is 0 Å². The highest BCUT2D eigenvalue weighted by Crippen LogP contribution is 2.46. The molecule has 0 unspecified atom stereocenters. The molecule has 2 N–H and O–H groups in total. The van der Waals surface area contributed by atoms with Crippen molar-refractivity contribution in [2.75, 3.05) is 13.2 Å². The lowest BCUT2D eigenvalue weighted by Crippen LogP contribution is -2.54. The van der Waals surface area contributed by atoms with Gasteiger partial charge in [-0.3, -0.25) is 19.3 Å². The van der Waals surface area contributed by atoms with Crippen molar-refractivity contribution in [1.82, 2.24) is 15.5 Å². The van der Waals surface area contributed by atoms with Crippen LogP contribution in [0, 0.1) is 23.2 Å². The van der Waals surface area contributed by atoms with Crippen LogP contribution in [0.3, 0.4) is 0 Å². The zero-order chi connectivity index (χ0) is 23.0. The first-order valence-electron chi connectivity index (χ1n) is 11.5. The minimum absolute atomic E-state index is 0.0804. The van der Waals surface area contributed by atoms with Crippen molar-refractivity contribution in [3.8, 4) is 0 Å². The van der Waals surface area contributed by atoms with Crippen LogP contribution in [0.1, 0.15) is 73.1 Å². The predicted molar refractivity (Wildman–Crippen MR) is 115 cm³/mol. The van der Waals surface area contributed by atoms with E-state index < -0.39 is 30.7 Å². The van der Waals surface area contributed by atoms with Crippen LogP contribution in [0.4, 0.5) is 4.79 Å². The minimum Gasteiger partial charge on any atom is -0.454 e. The number of hydrogen-bond donors (Lipinski definition) is 2. The van der Waals surface area contributed by atoms with Crippen LogP contribution in [-0.2, 0) is 19.1 Å². The third kappa shape index (κ3) is 5.21. The number of nitrogens with one attached hydrogen (secondary N) is 2. The molecule has 0 bridgehead atoms. The Kier molecular flexibility index (Phi) is 6.67. The van der Waals surface area contributed by atoms with Gasteiger partial charge in [0, 0.05) is 6.04 Å². The van der Waals surface area contributed by atoms with Crippen LogP contribution in [-0.4, -0.2) is 53.4 Å². The second kappa shape index (κ2) is 8.79. The maximum absolute atomic E-state index is 13.1. The van der Waals surface area contributed by atoms with Crippen LogP contribution < -0.4 is 10.6 Å². The van der Waals surface area contributed by atoms with Crippen LogP contribution in [0.5, 0.6) is 0 Å². The fraction of sp³-hybridized carbons (Fsp3) is 0.826. The van der Waals surface area contributed by atoms with E-state index in [0.29, 0.717) is 24.7 Å². The second-order valence-electron chi connectivity index (χ2n) is 10.9. The molecule has 2 saturated carbocycles. The SMILES string of the molecule is C[C@@H]1CC(C)(C)C[C@]2(C1)NC(=O)N(CC(=O)OCC(=O)N[C@@H]1CCC[C@H](C)[C@H]1C)C2=O. The molecule has 0 aromatic rings. The molecule has 3 fully saturated rings. The number of carbonyl (C=O) groups is 4. The van der Waals surface area contributed by atoms with Gasteiger partial charge < -0.3 is 15.4 Å². The molecule has 0 aromatic heterocycles. The minimum atomic E-state index is -0.955. The van der Waals surface area contributed by atoms with Gasteiger partial charge in [-0.25, -0.2) is 4.79 Å². The number of rotatable bonds is 5. The molecule has 1 spiro atoms. The highest BCUT2D eigenvalue weighted by atomic mass is 16.5. The first-order chi connectivity index (χ1) is 14.4. The zero-order valence-corrected chi connectivity index (χ0v) is 19.5. The predicted octanol–water partition coefficient (Wildman–Crippen LogP) is 2.61. The lowest BCUT2D eigenvalue weighted by molar-refractivity contribution is -0.151. The highest BCUT2D eigenvalue weighted by Gasteiger charge is 2.56. The zero-order valence-electron chi connectivity index (χ0n) is 19.5. The number of imide groups is 1. The molecule has 0 radical (unpaired) electrons. The first-order valence-corrected chi connectivity index (χ1v) is 11.5. The monoisotopic (exact) mass is 435 g/mol. The molecular formula is C23H37N3O5. The van der Waals surface area contributed by atoms with Crippen molar-refractivity contribution in [2.24, 2.45) is 23.2 Å². The molecule has 2 aliphatic carbocycles. The Balaban J connectivity index is 1.52. The number of esters is 1. The average molecular weight is 436 g/mol. The summed E-state index contributed by atoms with van der Waals surface area (Å²) in [4.78, 5) is 51.0. The average Bonchev–Trinajstić information content (AvgIpc) is 2.85. The van der Waals surface area contributed by atoms with Gasteiger partial charge >= 0.3 is 12.0 Å². The van der Waals surface area contributed by atoms with Gasteiger partial charge in [-0.05, 0) is 48.9 Å². The summed E-state index contributed by atoms with van der Waals surface area (Å²) >= 11 is 0. The summed E-state index contributed by atoms with van der Waals surface area (Å²) in [7, 11) is 0. The standard InChI is InChI=1S/C23H37N3O5/c1-14-9-22(4,5)13-23(10-14)20(29)26(21(30)25-23)11-19(28)31-12-18(27)24-17-8-6-7-15(2)16(17)3/h14-17H,6-13H2,1-5H3,(H,24,27)(H,25,30)/t14-,15+,16-,17-,23+/m1/s1. The summed E-state index contributed by atoms with van der Waals surface area (Å²) in [6, 6.07) is -0.487. The molecule has 4 amide bonds. The molecule has 8 heteroatoms. The van der Waals surface area contributed by atoms with E-state index in [2.05, 4.69) is 45.3 Å². The van der Waals surface area contributed by atoms with E-state index >= 15 is 0 Å². The van der Waals surface area contributed by atoms with E-state index in [0.717, 1.165) is 30.6 Å². The fourth-order valence-corrected chi connectivity index (χ4v) is 6.00. The van der Waals surface area contributed by atoms with E-state index in [-0.39, 0.29) is 29.2 Å². The van der Waals surface area contributed by atoms with Crippen molar-refractivity contribution in [1.29, 1.82) is 0 Å². The number of nitrogens with zero attached hydrogens (tertiary/aromatic N) is 1. The Labute approximate surface area is 184 Å². The summed E-state index contributed by atoms with van der Waals surface area (Å²) in [6.45, 7) is 9.68. The molecule has 5 atom stereocenters. The van der Waals surface area contributed by atoms with Gasteiger partial charge in [0.1, 0.15) is 12.1 Å². The second-order valence-corrected chi connectivity index (χ2v) is 10.9. The van der Waals surface area contributed by atoms with Gasteiger partial charge in [0.05, 0.1) is 0 Å². The Bertz CT molecular complexity index is 751. The normalized spacial score (nSPS) is 35.1. The van der Waals surface area contributed by atoms with E-state index in [9.17, 15) is 19.2 Å². The number of urea groups is 1. The van der Waals surface area contributed by atoms with Gasteiger partial charge in [-0.2, -0.15) is 0 Å². The highest BCUT2D eigenvalue weighted by molar-refractivity contribution is 6.08. The summed E-state index contributed by atoms with van der Waals surface area (Å²) in [5, 5.41) is 5.79. The molecular weight excluding hydrogens is 398 g/mol. The smallest absolute Gasteiger partial charge is 0.326 e. The van der Waals surface area contributed by atoms with Crippen molar-refractivity contribution < 1.29 is 23.9 Å². The lowest BCUT2D eigenvalue weighted by atomic mass is 9.64. The molecule has 174 valence electrons. The third-order valence-electron chi connectivity index (χ3n) is 7.33. The molecule has 31 heavy (non-hydrogen) atoms. The van der Waals surface area contributed by atoms with Crippen LogP contribution in [0.25, 0.3) is 0 Å². The molecule has 3 rings (SSSR count). The van der Waals surface area contributed by atoms with Crippen LogP contribution in [0.15, 0.2) is 0 Å². The molecule has 3 aliphatic rings. The third-order valence-corrected chi connectivity index (χ3v) is 7.33. The van der Waals surface area contributed by atoms with Crippen LogP contribution in [0.2, 0.25) is 0 Å². The van der Waals surface area contributed by atoms with E-state index in [1.165, 1.54) is 0 Å². The molecule has 0 aromatic carbocycles. The summed E-state index contributed by atoms with van der Waals surface area (Å²) in [6.07, 6.45) is 5.23. The van der Waals surface area contributed by atoms with Crippen LogP contribution >= 0.6 is 0 Å². The maximum atomic E-state index is 13.1. The number of hydrogen-bond acceptors (Lipinski definition) is 5. The van der Waals surface area contributed by atoms with Gasteiger partial charge in [-0.15, -0.1) is 0 Å². The van der Waals surface area contributed by atoms with E-state index in [4.69, 9.17) is 4.74 Å². The van der Waals surface area contributed by atoms with Crippen molar-refractivity contribution in [2.45, 2.75) is 84.7 Å². The lowest BCUT2D eigenvalue weighted by Gasteiger charge is -2.43. The van der Waals surface area contributed by atoms with Crippen molar-refractivity contribution in [3.05, 3.63) is 0 Å². The Hall–Kier alpha value is -2.12. The van der Waals surface area contributed by atoms with E-state index in [1.807, 2.05) is 0 Å². The molecule has 1 aliphatic heterocycles. The number of amides is 4. The topological polar surface area (TPSA) is 105 Å². The quantitative estimate of drug-likeness (QED) is 0.510. The summed E-state index contributed by atoms with van der Waals surface area (Å²) in [5.74, 6) is -0.282. The van der Waals surface area contributed by atoms with E-state index in [1.54, 1.807) is 0 Å². The largest absolute Gasteiger partial charge is 0.454 e. The summed E-state index contributed by atoms with van der Waals surface area (Å²) < 4.78 is 5.08. The van der Waals surface area contributed by atoms with Gasteiger partial charge in [0.15, 0.2) is 6.61 Å². The van der Waals surface area contributed by atoms with Gasteiger partial charge in [-0.1, -0.05) is 47.5 Å².